The Bertz CT molecular complexity index is 1510. The number of hydrogen-bond donors (Lipinski definition) is 3. The lowest BCUT2D eigenvalue weighted by Crippen LogP contribution is -2.30. The molecule has 0 aliphatic carbocycles. The third-order valence-corrected chi connectivity index (χ3v) is 10.9. The molecule has 3 N–H and O–H groups in total. The molecule has 1 unspecified atom stereocenters. The standard InChI is InChI=1S/C26H40N2O4.C23H34N2O3/c1-22(23-6-10-25(11-7-23)27(14-18-29-2)15-19-30-3)24-8-12-26(13-9-24)28(16-20-31-4)17-21-32-5;1-3-12-24(13-16-26)22-8-4-20(5-9-22)19(2)21-6-10-23(11-7-21)25(14-17-27)15-18-28/h6-13,22H,14-21H2,1-5H3;4-11,19,26-28H,3,12-18H2,1-2H3. The van der Waals surface area contributed by atoms with E-state index in [4.69, 9.17) is 18.9 Å². The average Bonchev–Trinajstić information content (AvgIpc) is 3.29. The molecule has 11 nitrogen and oxygen atoms in total. The Kier molecular flexibility index (Phi) is 24.3. The maximum absolute atomic E-state index is 9.27. The number of hydrogen-bond acceptors (Lipinski definition) is 11. The molecule has 0 radical (unpaired) electrons. The average molecular weight is 831 g/mol. The van der Waals surface area contributed by atoms with E-state index in [1.54, 1.807) is 28.4 Å². The van der Waals surface area contributed by atoms with Crippen LogP contribution in [0.1, 0.15) is 61.3 Å². The summed E-state index contributed by atoms with van der Waals surface area (Å²) in [4.78, 5) is 8.78. The maximum Gasteiger partial charge on any atom is 0.0637 e. The van der Waals surface area contributed by atoms with E-state index in [1.807, 2.05) is 4.90 Å². The summed E-state index contributed by atoms with van der Waals surface area (Å²) in [6.07, 6.45) is 1.05. The zero-order chi connectivity index (χ0) is 43.5. The van der Waals surface area contributed by atoms with Crippen LogP contribution in [0.5, 0.6) is 0 Å². The molecule has 0 aromatic heterocycles. The minimum absolute atomic E-state index is 0.0653. The van der Waals surface area contributed by atoms with Crippen molar-refractivity contribution in [3.05, 3.63) is 119 Å². The van der Waals surface area contributed by atoms with E-state index in [0.29, 0.717) is 52.0 Å². The normalized spacial score (nSPS) is 11.6. The summed E-state index contributed by atoms with van der Waals surface area (Å²) < 4.78 is 21.1. The lowest BCUT2D eigenvalue weighted by atomic mass is 9.93. The van der Waals surface area contributed by atoms with Gasteiger partial charge in [0.05, 0.1) is 46.2 Å². The molecule has 0 spiro atoms. The van der Waals surface area contributed by atoms with E-state index in [-0.39, 0.29) is 25.7 Å². The third kappa shape index (κ3) is 16.3. The van der Waals surface area contributed by atoms with Gasteiger partial charge in [-0.3, -0.25) is 0 Å². The first kappa shape index (κ1) is 50.2. The van der Waals surface area contributed by atoms with Gasteiger partial charge < -0.3 is 53.9 Å². The van der Waals surface area contributed by atoms with Crippen LogP contribution in [-0.2, 0) is 18.9 Å². The molecule has 0 bridgehead atoms. The van der Waals surface area contributed by atoms with Crippen LogP contribution in [0.3, 0.4) is 0 Å². The molecule has 332 valence electrons. The van der Waals surface area contributed by atoms with Crippen LogP contribution < -0.4 is 19.6 Å². The Morgan fingerprint density at radius 1 is 0.367 bits per heavy atom. The van der Waals surface area contributed by atoms with E-state index in [0.717, 1.165) is 50.5 Å². The third-order valence-electron chi connectivity index (χ3n) is 10.9. The first-order valence-electron chi connectivity index (χ1n) is 21.5. The number of aliphatic hydroxyl groups is 3. The fraction of sp³-hybridized carbons (Fsp3) is 0.510. The Labute approximate surface area is 361 Å². The highest BCUT2D eigenvalue weighted by atomic mass is 16.5. The van der Waals surface area contributed by atoms with Crippen molar-refractivity contribution in [2.24, 2.45) is 0 Å². The van der Waals surface area contributed by atoms with Gasteiger partial charge in [0.25, 0.3) is 0 Å². The van der Waals surface area contributed by atoms with Crippen LogP contribution >= 0.6 is 0 Å². The predicted molar refractivity (Wildman–Crippen MR) is 249 cm³/mol. The molecular formula is C49H74N4O7. The highest BCUT2D eigenvalue weighted by Gasteiger charge is 2.14. The van der Waals surface area contributed by atoms with Gasteiger partial charge >= 0.3 is 0 Å². The molecule has 0 aliphatic heterocycles. The van der Waals surface area contributed by atoms with Crippen LogP contribution in [0.2, 0.25) is 0 Å². The minimum atomic E-state index is 0.0653. The monoisotopic (exact) mass is 831 g/mol. The molecule has 4 rings (SSSR count). The van der Waals surface area contributed by atoms with Crippen molar-refractivity contribution in [1.29, 1.82) is 0 Å². The molecule has 1 atom stereocenters. The van der Waals surface area contributed by atoms with Crippen LogP contribution in [0.4, 0.5) is 22.7 Å². The van der Waals surface area contributed by atoms with E-state index >= 15 is 0 Å². The maximum atomic E-state index is 9.27. The van der Waals surface area contributed by atoms with E-state index < -0.39 is 0 Å². The fourth-order valence-electron chi connectivity index (χ4n) is 7.20. The van der Waals surface area contributed by atoms with Gasteiger partial charge in [-0.2, -0.15) is 0 Å². The number of methoxy groups -OCH3 is 4. The van der Waals surface area contributed by atoms with Crippen LogP contribution in [-0.4, -0.2) is 142 Å². The van der Waals surface area contributed by atoms with E-state index in [1.165, 1.54) is 33.6 Å². The highest BCUT2D eigenvalue weighted by Crippen LogP contribution is 2.30. The van der Waals surface area contributed by atoms with Crippen LogP contribution in [0.15, 0.2) is 97.1 Å². The van der Waals surface area contributed by atoms with Crippen molar-refractivity contribution in [2.75, 3.05) is 147 Å². The van der Waals surface area contributed by atoms with Gasteiger partial charge in [-0.25, -0.2) is 0 Å². The second-order valence-electron chi connectivity index (χ2n) is 14.9. The summed E-state index contributed by atoms with van der Waals surface area (Å²) in [6, 6.07) is 34.6. The van der Waals surface area contributed by atoms with Gasteiger partial charge in [0.1, 0.15) is 0 Å². The molecule has 60 heavy (non-hydrogen) atoms. The molecular weight excluding hydrogens is 757 g/mol. The van der Waals surface area contributed by atoms with Crippen molar-refractivity contribution in [2.45, 2.75) is 39.0 Å². The second-order valence-corrected chi connectivity index (χ2v) is 14.9. The van der Waals surface area contributed by atoms with Crippen LogP contribution in [0.25, 0.3) is 0 Å². The SMILES string of the molecule is CCCN(CCO)c1ccc(C(C)c2ccc(N(CCO)CCO)cc2)cc1.COCCN(CCOC)c1ccc(C(C)c2ccc(N(CCOC)CCOC)cc2)cc1. The lowest BCUT2D eigenvalue weighted by molar-refractivity contribution is 0.190. The number of aliphatic hydroxyl groups excluding tert-OH is 3. The van der Waals surface area contributed by atoms with Gasteiger partial charge in [-0.1, -0.05) is 69.3 Å². The Balaban J connectivity index is 0.000000323. The van der Waals surface area contributed by atoms with Gasteiger partial charge in [0.2, 0.25) is 0 Å². The predicted octanol–water partition coefficient (Wildman–Crippen LogP) is 6.87. The topological polar surface area (TPSA) is 111 Å². The second kappa shape index (κ2) is 29.1. The molecule has 0 fully saturated rings. The molecule has 0 amide bonds. The molecule has 11 heteroatoms. The number of anilines is 4. The molecule has 4 aromatic carbocycles. The van der Waals surface area contributed by atoms with Gasteiger partial charge in [0.15, 0.2) is 0 Å². The van der Waals surface area contributed by atoms with Crippen molar-refractivity contribution in [1.82, 2.24) is 0 Å². The fourth-order valence-corrected chi connectivity index (χ4v) is 7.20. The summed E-state index contributed by atoms with van der Waals surface area (Å²) in [5, 5.41) is 27.7. The Morgan fingerprint density at radius 3 is 0.783 bits per heavy atom. The van der Waals surface area contributed by atoms with Crippen molar-refractivity contribution in [3.63, 3.8) is 0 Å². The summed E-state index contributed by atoms with van der Waals surface area (Å²) in [5.74, 6) is 0.584. The van der Waals surface area contributed by atoms with Gasteiger partial charge in [0, 0.05) is 115 Å². The zero-order valence-corrected chi connectivity index (χ0v) is 37.5. The van der Waals surface area contributed by atoms with Crippen molar-refractivity contribution in [3.8, 4) is 0 Å². The first-order chi connectivity index (χ1) is 29.3. The molecule has 0 heterocycles. The number of rotatable bonds is 28. The van der Waals surface area contributed by atoms with Gasteiger partial charge in [-0.15, -0.1) is 0 Å². The molecule has 4 aromatic rings. The van der Waals surface area contributed by atoms with Crippen molar-refractivity contribution < 1.29 is 34.3 Å². The van der Waals surface area contributed by atoms with Crippen LogP contribution in [0, 0.1) is 0 Å². The number of benzene rings is 4. The first-order valence-corrected chi connectivity index (χ1v) is 21.5. The van der Waals surface area contributed by atoms with E-state index in [2.05, 4.69) is 133 Å². The lowest BCUT2D eigenvalue weighted by Gasteiger charge is -2.25. The summed E-state index contributed by atoms with van der Waals surface area (Å²) in [7, 11) is 6.94. The quantitative estimate of drug-likeness (QED) is 0.0558. The molecule has 0 aliphatic rings. The Hall–Kier alpha value is -4.20. The summed E-state index contributed by atoms with van der Waals surface area (Å²) in [6.45, 7) is 15.7. The number of ether oxygens (including phenoxy) is 4. The minimum Gasteiger partial charge on any atom is -0.395 e. The smallest absolute Gasteiger partial charge is 0.0637 e. The highest BCUT2D eigenvalue weighted by molar-refractivity contribution is 5.53. The van der Waals surface area contributed by atoms with E-state index in [9.17, 15) is 15.3 Å². The Morgan fingerprint density at radius 2 is 0.583 bits per heavy atom. The largest absolute Gasteiger partial charge is 0.395 e. The van der Waals surface area contributed by atoms with Crippen molar-refractivity contribution >= 4 is 22.7 Å². The molecule has 0 saturated heterocycles. The molecule has 0 saturated carbocycles. The van der Waals surface area contributed by atoms with Gasteiger partial charge in [-0.05, 0) is 77.2 Å². The summed E-state index contributed by atoms with van der Waals surface area (Å²) >= 11 is 0. The zero-order valence-electron chi connectivity index (χ0n) is 37.5. The number of nitrogens with zero attached hydrogens (tertiary/aromatic N) is 4. The summed E-state index contributed by atoms with van der Waals surface area (Å²) in [5.41, 5.74) is 9.62.